The fourth-order valence-corrected chi connectivity index (χ4v) is 1.68. The second kappa shape index (κ2) is 7.75. The molecular formula is C14H18ClNO4. The molecule has 110 valence electrons. The normalized spacial score (nSPS) is 11.8. The molecule has 0 aliphatic rings. The molecule has 0 saturated carbocycles. The molecule has 1 aromatic carbocycles. The summed E-state index contributed by atoms with van der Waals surface area (Å²) < 4.78 is 5.33. The molecule has 0 aliphatic heterocycles. The summed E-state index contributed by atoms with van der Waals surface area (Å²) in [5.74, 6) is -0.704. The van der Waals surface area contributed by atoms with Crippen LogP contribution in [0.5, 0.6) is 5.75 Å². The summed E-state index contributed by atoms with van der Waals surface area (Å²) in [7, 11) is 0. The molecule has 0 fully saturated rings. The molecule has 1 amide bonds. The summed E-state index contributed by atoms with van der Waals surface area (Å²) in [6.07, 6.45) is 0.0253. The van der Waals surface area contributed by atoms with Gasteiger partial charge in [0.25, 0.3) is 5.91 Å². The average molecular weight is 300 g/mol. The monoisotopic (exact) mass is 299 g/mol. The maximum absolute atomic E-state index is 11.5. The number of carboxylic acids is 1. The molecule has 0 spiro atoms. The number of ether oxygens (including phenoxy) is 1. The van der Waals surface area contributed by atoms with Crippen LogP contribution in [0.25, 0.3) is 0 Å². The molecule has 1 rings (SSSR count). The van der Waals surface area contributed by atoms with E-state index in [1.54, 1.807) is 25.1 Å². The lowest BCUT2D eigenvalue weighted by Crippen LogP contribution is -2.33. The van der Waals surface area contributed by atoms with Gasteiger partial charge in [-0.3, -0.25) is 9.59 Å². The van der Waals surface area contributed by atoms with Gasteiger partial charge in [-0.25, -0.2) is 0 Å². The topological polar surface area (TPSA) is 75.6 Å². The van der Waals surface area contributed by atoms with Crippen molar-refractivity contribution >= 4 is 23.5 Å². The van der Waals surface area contributed by atoms with Gasteiger partial charge in [0.2, 0.25) is 0 Å². The van der Waals surface area contributed by atoms with Crippen molar-refractivity contribution in [2.24, 2.45) is 5.92 Å². The summed E-state index contributed by atoms with van der Waals surface area (Å²) in [6.45, 7) is 3.82. The van der Waals surface area contributed by atoms with E-state index in [9.17, 15) is 9.59 Å². The Balaban J connectivity index is 2.32. The van der Waals surface area contributed by atoms with Crippen LogP contribution in [0, 0.1) is 12.8 Å². The van der Waals surface area contributed by atoms with Crippen molar-refractivity contribution in [3.63, 3.8) is 0 Å². The molecule has 0 saturated heterocycles. The highest BCUT2D eigenvalue weighted by atomic mass is 35.5. The Morgan fingerprint density at radius 2 is 2.15 bits per heavy atom. The van der Waals surface area contributed by atoms with E-state index in [4.69, 9.17) is 21.4 Å². The van der Waals surface area contributed by atoms with Gasteiger partial charge in [0.15, 0.2) is 6.61 Å². The smallest absolute Gasteiger partial charge is 0.303 e. The molecule has 1 atom stereocenters. The van der Waals surface area contributed by atoms with Gasteiger partial charge in [-0.05, 0) is 36.6 Å². The average Bonchev–Trinajstić information content (AvgIpc) is 2.37. The van der Waals surface area contributed by atoms with Gasteiger partial charge >= 0.3 is 5.97 Å². The number of carbonyl (C=O) groups is 2. The van der Waals surface area contributed by atoms with Crippen molar-refractivity contribution < 1.29 is 19.4 Å². The van der Waals surface area contributed by atoms with Gasteiger partial charge in [0, 0.05) is 18.0 Å². The number of benzene rings is 1. The van der Waals surface area contributed by atoms with Crippen LogP contribution in [0.3, 0.4) is 0 Å². The first kappa shape index (κ1) is 16.3. The highest BCUT2D eigenvalue weighted by molar-refractivity contribution is 6.31. The van der Waals surface area contributed by atoms with Gasteiger partial charge < -0.3 is 15.2 Å². The minimum absolute atomic E-state index is 0.0253. The summed E-state index contributed by atoms with van der Waals surface area (Å²) in [6, 6.07) is 5.15. The van der Waals surface area contributed by atoms with Crippen LogP contribution < -0.4 is 10.1 Å². The van der Waals surface area contributed by atoms with E-state index in [2.05, 4.69) is 5.32 Å². The number of carbonyl (C=O) groups excluding carboxylic acids is 1. The van der Waals surface area contributed by atoms with Crippen LogP contribution in [0.2, 0.25) is 5.02 Å². The summed E-state index contributed by atoms with van der Waals surface area (Å²) in [5, 5.41) is 11.9. The molecule has 6 heteroatoms. The summed E-state index contributed by atoms with van der Waals surface area (Å²) >= 11 is 5.89. The minimum atomic E-state index is -0.875. The third kappa shape index (κ3) is 5.93. The number of nitrogens with one attached hydrogen (secondary N) is 1. The summed E-state index contributed by atoms with van der Waals surface area (Å²) in [5.41, 5.74) is 0.875. The Labute approximate surface area is 122 Å². The zero-order valence-electron chi connectivity index (χ0n) is 11.5. The first-order valence-corrected chi connectivity index (χ1v) is 6.63. The predicted octanol–water partition coefficient (Wildman–Crippen LogP) is 2.25. The lowest BCUT2D eigenvalue weighted by atomic mass is 10.1. The first-order chi connectivity index (χ1) is 9.38. The predicted molar refractivity (Wildman–Crippen MR) is 76.1 cm³/mol. The van der Waals surface area contributed by atoms with Gasteiger partial charge in [0.1, 0.15) is 5.75 Å². The third-order valence-electron chi connectivity index (χ3n) is 2.67. The van der Waals surface area contributed by atoms with E-state index >= 15 is 0 Å². The van der Waals surface area contributed by atoms with Gasteiger partial charge in [0.05, 0.1) is 0 Å². The van der Waals surface area contributed by atoms with Gasteiger partial charge in [-0.15, -0.1) is 0 Å². The van der Waals surface area contributed by atoms with E-state index in [1.807, 2.05) is 6.92 Å². The lowest BCUT2D eigenvalue weighted by molar-refractivity contribution is -0.138. The van der Waals surface area contributed by atoms with Crippen LogP contribution >= 0.6 is 11.6 Å². The molecule has 1 aromatic rings. The number of rotatable bonds is 7. The Morgan fingerprint density at radius 3 is 2.75 bits per heavy atom. The highest BCUT2D eigenvalue weighted by Gasteiger charge is 2.10. The van der Waals surface area contributed by atoms with Crippen LogP contribution in [0.4, 0.5) is 0 Å². The van der Waals surface area contributed by atoms with Crippen LogP contribution in [0.1, 0.15) is 18.9 Å². The second-order valence-corrected chi connectivity index (χ2v) is 5.11. The number of hydrogen-bond donors (Lipinski definition) is 2. The molecule has 2 N–H and O–H groups in total. The van der Waals surface area contributed by atoms with Crippen LogP contribution in [0.15, 0.2) is 18.2 Å². The number of aryl methyl sites for hydroxylation is 1. The molecule has 1 unspecified atom stereocenters. The third-order valence-corrected chi connectivity index (χ3v) is 3.09. The lowest BCUT2D eigenvalue weighted by Gasteiger charge is -2.11. The van der Waals surface area contributed by atoms with Crippen LogP contribution in [-0.2, 0) is 9.59 Å². The SMILES string of the molecule is Cc1cc(OCC(=O)NCC(C)CC(=O)O)ccc1Cl. The molecule has 0 aromatic heterocycles. The van der Waals surface area contributed by atoms with Gasteiger partial charge in [-0.2, -0.15) is 0 Å². The van der Waals surface area contributed by atoms with Crippen molar-refractivity contribution in [3.05, 3.63) is 28.8 Å². The second-order valence-electron chi connectivity index (χ2n) is 4.71. The standard InChI is InChI=1S/C14H18ClNO4/c1-9(5-14(18)19)7-16-13(17)8-20-11-3-4-12(15)10(2)6-11/h3-4,6,9H,5,7-8H2,1-2H3,(H,16,17)(H,18,19). The quantitative estimate of drug-likeness (QED) is 0.810. The Kier molecular flexibility index (Phi) is 6.31. The molecule has 5 nitrogen and oxygen atoms in total. The minimum Gasteiger partial charge on any atom is -0.484 e. The molecular weight excluding hydrogens is 282 g/mol. The molecule has 0 heterocycles. The fourth-order valence-electron chi connectivity index (χ4n) is 1.57. The van der Waals surface area contributed by atoms with Crippen molar-refractivity contribution in [2.45, 2.75) is 20.3 Å². The van der Waals surface area contributed by atoms with Crippen LogP contribution in [-0.4, -0.2) is 30.1 Å². The molecule has 20 heavy (non-hydrogen) atoms. The highest BCUT2D eigenvalue weighted by Crippen LogP contribution is 2.20. The molecule has 0 radical (unpaired) electrons. The van der Waals surface area contributed by atoms with Gasteiger partial charge in [-0.1, -0.05) is 18.5 Å². The maximum Gasteiger partial charge on any atom is 0.303 e. The molecule has 0 bridgehead atoms. The largest absolute Gasteiger partial charge is 0.484 e. The number of carboxylic acid groups (broad SMARTS) is 1. The fraction of sp³-hybridized carbons (Fsp3) is 0.429. The van der Waals surface area contributed by atoms with Crippen molar-refractivity contribution in [1.29, 1.82) is 0 Å². The van der Waals surface area contributed by atoms with E-state index in [-0.39, 0.29) is 24.9 Å². The van der Waals surface area contributed by atoms with Crippen molar-refractivity contribution in [1.82, 2.24) is 5.32 Å². The van der Waals surface area contributed by atoms with Crippen molar-refractivity contribution in [2.75, 3.05) is 13.2 Å². The Hall–Kier alpha value is -1.75. The maximum atomic E-state index is 11.5. The summed E-state index contributed by atoms with van der Waals surface area (Å²) in [4.78, 5) is 22.0. The number of hydrogen-bond acceptors (Lipinski definition) is 3. The number of amides is 1. The Bertz CT molecular complexity index is 490. The number of aliphatic carboxylic acids is 1. The van der Waals surface area contributed by atoms with E-state index in [1.165, 1.54) is 0 Å². The Morgan fingerprint density at radius 1 is 1.45 bits per heavy atom. The first-order valence-electron chi connectivity index (χ1n) is 6.26. The van der Waals surface area contributed by atoms with E-state index < -0.39 is 5.97 Å². The van der Waals surface area contributed by atoms with E-state index in [0.717, 1.165) is 5.56 Å². The number of halogens is 1. The molecule has 0 aliphatic carbocycles. The van der Waals surface area contributed by atoms with Crippen molar-refractivity contribution in [3.8, 4) is 5.75 Å². The zero-order valence-corrected chi connectivity index (χ0v) is 12.2. The van der Waals surface area contributed by atoms with E-state index in [0.29, 0.717) is 17.3 Å². The zero-order chi connectivity index (χ0) is 15.1.